The Morgan fingerprint density at radius 2 is 1.27 bits per heavy atom. The molecule has 26 heavy (non-hydrogen) atoms. The quantitative estimate of drug-likeness (QED) is 0.626. The molecule has 0 bridgehead atoms. The lowest BCUT2D eigenvalue weighted by molar-refractivity contribution is -0.0237. The number of hydrogen-bond donors (Lipinski definition) is 0. The summed E-state index contributed by atoms with van der Waals surface area (Å²) >= 11 is 1.89. The van der Waals surface area contributed by atoms with E-state index in [0.29, 0.717) is 0 Å². The number of benzene rings is 2. The standard InChI is InChI=1S/C23H30N2S/c1-22(2)14-9-15-23(3,4)25(22)17-16-24-18-10-5-7-12-20(18)26-21-13-8-6-11-19(21)24/h5-8,10-13H,9,14-17H2,1-4H3. The Labute approximate surface area is 162 Å². The smallest absolute Gasteiger partial charge is 0.0553 e. The second-order valence-corrected chi connectivity index (χ2v) is 9.90. The highest BCUT2D eigenvalue weighted by Gasteiger charge is 2.41. The zero-order valence-electron chi connectivity index (χ0n) is 16.5. The fourth-order valence-corrected chi connectivity index (χ4v) is 5.97. The molecular formula is C23H30N2S. The Morgan fingerprint density at radius 1 is 0.769 bits per heavy atom. The summed E-state index contributed by atoms with van der Waals surface area (Å²) in [7, 11) is 0. The van der Waals surface area contributed by atoms with Crippen LogP contribution in [0.1, 0.15) is 47.0 Å². The van der Waals surface area contributed by atoms with Crippen molar-refractivity contribution in [2.45, 2.75) is 67.8 Å². The number of nitrogens with zero attached hydrogens (tertiary/aromatic N) is 2. The maximum absolute atomic E-state index is 2.75. The molecule has 2 nitrogen and oxygen atoms in total. The van der Waals surface area contributed by atoms with Gasteiger partial charge in [-0.1, -0.05) is 36.0 Å². The van der Waals surface area contributed by atoms with Crippen LogP contribution >= 0.6 is 11.8 Å². The molecule has 0 saturated carbocycles. The molecule has 2 heterocycles. The highest BCUT2D eigenvalue weighted by Crippen LogP contribution is 2.48. The second-order valence-electron chi connectivity index (χ2n) is 8.82. The van der Waals surface area contributed by atoms with E-state index in [4.69, 9.17) is 0 Å². The molecule has 138 valence electrons. The fourth-order valence-electron chi connectivity index (χ4n) is 4.87. The lowest BCUT2D eigenvalue weighted by Gasteiger charge is -2.53. The van der Waals surface area contributed by atoms with E-state index < -0.39 is 0 Å². The summed E-state index contributed by atoms with van der Waals surface area (Å²) in [6.07, 6.45) is 3.92. The first-order valence-electron chi connectivity index (χ1n) is 9.80. The van der Waals surface area contributed by atoms with Gasteiger partial charge in [0.05, 0.1) is 11.4 Å². The van der Waals surface area contributed by atoms with Gasteiger partial charge < -0.3 is 4.90 Å². The van der Waals surface area contributed by atoms with Crippen molar-refractivity contribution in [2.24, 2.45) is 0 Å². The summed E-state index contributed by atoms with van der Waals surface area (Å²) in [5.74, 6) is 0. The zero-order valence-corrected chi connectivity index (χ0v) is 17.3. The van der Waals surface area contributed by atoms with E-state index >= 15 is 0 Å². The van der Waals surface area contributed by atoms with Crippen LogP contribution in [0.2, 0.25) is 0 Å². The van der Waals surface area contributed by atoms with E-state index in [9.17, 15) is 0 Å². The van der Waals surface area contributed by atoms with E-state index in [-0.39, 0.29) is 11.1 Å². The van der Waals surface area contributed by atoms with Gasteiger partial charge in [0.25, 0.3) is 0 Å². The zero-order chi connectivity index (χ0) is 18.4. The Balaban J connectivity index is 1.64. The van der Waals surface area contributed by atoms with Gasteiger partial charge in [-0.3, -0.25) is 4.90 Å². The molecule has 1 fully saturated rings. The average molecular weight is 367 g/mol. The molecular weight excluding hydrogens is 336 g/mol. The number of anilines is 2. The fraction of sp³-hybridized carbons (Fsp3) is 0.478. The summed E-state index contributed by atoms with van der Waals surface area (Å²) in [6, 6.07) is 17.7. The van der Waals surface area contributed by atoms with E-state index in [2.05, 4.69) is 86.0 Å². The predicted octanol–water partition coefficient (Wildman–Crippen LogP) is 6.33. The minimum absolute atomic E-state index is 0.269. The van der Waals surface area contributed by atoms with Gasteiger partial charge in [-0.25, -0.2) is 0 Å². The van der Waals surface area contributed by atoms with E-state index in [0.717, 1.165) is 13.1 Å². The SMILES string of the molecule is CC1(C)CCCC(C)(C)N1CCN1c2ccccc2Sc2ccccc21. The molecule has 0 N–H and O–H groups in total. The monoisotopic (exact) mass is 366 g/mol. The second kappa shape index (κ2) is 6.61. The van der Waals surface area contributed by atoms with Crippen LogP contribution in [-0.2, 0) is 0 Å². The molecule has 1 saturated heterocycles. The van der Waals surface area contributed by atoms with Crippen LogP contribution in [0, 0.1) is 0 Å². The third-order valence-electron chi connectivity index (χ3n) is 6.12. The first-order chi connectivity index (χ1) is 12.4. The lowest BCUT2D eigenvalue weighted by Crippen LogP contribution is -2.60. The topological polar surface area (TPSA) is 6.48 Å². The minimum Gasteiger partial charge on any atom is -0.338 e. The van der Waals surface area contributed by atoms with Crippen LogP contribution in [0.25, 0.3) is 0 Å². The highest BCUT2D eigenvalue weighted by molar-refractivity contribution is 7.99. The largest absolute Gasteiger partial charge is 0.338 e. The van der Waals surface area contributed by atoms with Crippen LogP contribution in [0.3, 0.4) is 0 Å². The molecule has 3 heteroatoms. The Morgan fingerprint density at radius 3 is 1.81 bits per heavy atom. The number of hydrogen-bond acceptors (Lipinski definition) is 3. The van der Waals surface area contributed by atoms with Crippen molar-refractivity contribution < 1.29 is 0 Å². The molecule has 4 rings (SSSR count). The van der Waals surface area contributed by atoms with Gasteiger partial charge >= 0.3 is 0 Å². The van der Waals surface area contributed by atoms with Crippen LogP contribution in [0.4, 0.5) is 11.4 Å². The molecule has 0 spiro atoms. The van der Waals surface area contributed by atoms with Crippen molar-refractivity contribution in [3.8, 4) is 0 Å². The third-order valence-corrected chi connectivity index (χ3v) is 7.25. The molecule has 0 radical (unpaired) electrons. The number of fused-ring (bicyclic) bond motifs is 2. The third kappa shape index (κ3) is 3.16. The normalized spacial score (nSPS) is 21.2. The Kier molecular flexibility index (Phi) is 4.56. The molecule has 0 aromatic heterocycles. The summed E-state index contributed by atoms with van der Waals surface area (Å²) in [6.45, 7) is 11.8. The van der Waals surface area contributed by atoms with Gasteiger partial charge in [-0.05, 0) is 71.2 Å². The number of piperidine rings is 1. The molecule has 2 aliphatic heterocycles. The van der Waals surface area contributed by atoms with E-state index in [1.165, 1.54) is 40.4 Å². The summed E-state index contributed by atoms with van der Waals surface area (Å²) in [5.41, 5.74) is 3.24. The van der Waals surface area contributed by atoms with Gasteiger partial charge in [0, 0.05) is 34.0 Å². The summed E-state index contributed by atoms with van der Waals surface area (Å²) < 4.78 is 0. The molecule has 0 unspecified atom stereocenters. The van der Waals surface area contributed by atoms with Crippen molar-refractivity contribution in [3.05, 3.63) is 48.5 Å². The van der Waals surface area contributed by atoms with Gasteiger partial charge in [0.15, 0.2) is 0 Å². The minimum atomic E-state index is 0.269. The van der Waals surface area contributed by atoms with E-state index in [1.807, 2.05) is 11.8 Å². The Bertz CT molecular complexity index is 735. The summed E-state index contributed by atoms with van der Waals surface area (Å²) in [5, 5.41) is 0. The van der Waals surface area contributed by atoms with Crippen molar-refractivity contribution in [2.75, 3.05) is 18.0 Å². The molecule has 2 aliphatic rings. The van der Waals surface area contributed by atoms with Gasteiger partial charge in [-0.2, -0.15) is 0 Å². The van der Waals surface area contributed by atoms with Gasteiger partial charge in [0.1, 0.15) is 0 Å². The number of para-hydroxylation sites is 2. The summed E-state index contributed by atoms with van der Waals surface area (Å²) in [4.78, 5) is 8.00. The van der Waals surface area contributed by atoms with Crippen molar-refractivity contribution in [3.63, 3.8) is 0 Å². The number of rotatable bonds is 3. The predicted molar refractivity (Wildman–Crippen MR) is 113 cm³/mol. The van der Waals surface area contributed by atoms with Crippen LogP contribution in [0.5, 0.6) is 0 Å². The molecule has 2 aromatic carbocycles. The maximum atomic E-state index is 2.75. The first-order valence-corrected chi connectivity index (χ1v) is 10.6. The molecule has 0 aliphatic carbocycles. The van der Waals surface area contributed by atoms with Crippen molar-refractivity contribution in [1.82, 2.24) is 4.90 Å². The van der Waals surface area contributed by atoms with E-state index in [1.54, 1.807) is 0 Å². The van der Waals surface area contributed by atoms with Crippen LogP contribution in [-0.4, -0.2) is 29.1 Å². The first kappa shape index (κ1) is 17.9. The van der Waals surface area contributed by atoms with Crippen LogP contribution < -0.4 is 4.90 Å². The lowest BCUT2D eigenvalue weighted by atomic mass is 9.80. The maximum Gasteiger partial charge on any atom is 0.0553 e. The number of likely N-dealkylation sites (tertiary alicyclic amines) is 1. The molecule has 0 atom stereocenters. The highest BCUT2D eigenvalue weighted by atomic mass is 32.2. The van der Waals surface area contributed by atoms with Crippen molar-refractivity contribution >= 4 is 23.1 Å². The average Bonchev–Trinajstić information content (AvgIpc) is 2.59. The van der Waals surface area contributed by atoms with Gasteiger partial charge in [0.2, 0.25) is 0 Å². The molecule has 2 aromatic rings. The Hall–Kier alpha value is -1.45. The molecule has 0 amide bonds. The van der Waals surface area contributed by atoms with Crippen LogP contribution in [0.15, 0.2) is 58.3 Å². The van der Waals surface area contributed by atoms with Crippen molar-refractivity contribution in [1.29, 1.82) is 0 Å². The van der Waals surface area contributed by atoms with Gasteiger partial charge in [-0.15, -0.1) is 0 Å².